The molecule has 4 rings (SSSR count). The van der Waals surface area contributed by atoms with Crippen molar-refractivity contribution in [2.45, 2.75) is 44.3 Å². The molecule has 1 N–H and O–H groups in total. The van der Waals surface area contributed by atoms with Gasteiger partial charge in [0.1, 0.15) is 0 Å². The van der Waals surface area contributed by atoms with Gasteiger partial charge in [0, 0.05) is 37.6 Å². The van der Waals surface area contributed by atoms with E-state index in [0.717, 1.165) is 25.8 Å². The third-order valence-electron chi connectivity index (χ3n) is 5.73. The van der Waals surface area contributed by atoms with E-state index < -0.39 is 0 Å². The maximum atomic E-state index is 13.0. The lowest BCUT2D eigenvalue weighted by Crippen LogP contribution is -2.65. The summed E-state index contributed by atoms with van der Waals surface area (Å²) >= 11 is 0. The van der Waals surface area contributed by atoms with Crippen LogP contribution in [0.3, 0.4) is 0 Å². The van der Waals surface area contributed by atoms with Gasteiger partial charge in [0.2, 0.25) is 11.8 Å². The highest BCUT2D eigenvalue weighted by atomic mass is 16.2. The first-order valence-electron chi connectivity index (χ1n) is 9.09. The number of nitrogens with zero attached hydrogens (tertiary/aromatic N) is 2. The first kappa shape index (κ1) is 15.9. The second-order valence-corrected chi connectivity index (χ2v) is 7.58. The number of piperazine rings is 1. The number of carbonyl (C=O) groups excluding carboxylic acids is 2. The van der Waals surface area contributed by atoms with Gasteiger partial charge in [-0.05, 0) is 50.2 Å². The first-order valence-corrected chi connectivity index (χ1v) is 9.09. The molecule has 1 radical (unpaired) electrons. The topological polar surface area (TPSA) is 52.7 Å². The van der Waals surface area contributed by atoms with E-state index in [4.69, 9.17) is 0 Å². The molecule has 5 heteroatoms. The molecule has 4 atom stereocenters. The van der Waals surface area contributed by atoms with Crippen molar-refractivity contribution in [2.24, 2.45) is 11.8 Å². The summed E-state index contributed by atoms with van der Waals surface area (Å²) in [5, 5.41) is 3.67. The predicted molar refractivity (Wildman–Crippen MR) is 91.9 cm³/mol. The van der Waals surface area contributed by atoms with Crippen LogP contribution in [0, 0.1) is 18.3 Å². The lowest BCUT2D eigenvalue weighted by Gasteiger charge is -2.47. The van der Waals surface area contributed by atoms with Crippen LogP contribution < -0.4 is 5.32 Å². The summed E-state index contributed by atoms with van der Waals surface area (Å²) in [6, 6.07) is 0.560. The van der Waals surface area contributed by atoms with Crippen LogP contribution in [0.5, 0.6) is 0 Å². The fourth-order valence-electron chi connectivity index (χ4n) is 4.11. The summed E-state index contributed by atoms with van der Waals surface area (Å²) in [6.45, 7) is 7.81. The van der Waals surface area contributed by atoms with Gasteiger partial charge in [-0.2, -0.15) is 0 Å². The monoisotopic (exact) mass is 328 g/mol. The van der Waals surface area contributed by atoms with Crippen molar-refractivity contribution in [3.05, 3.63) is 30.7 Å². The van der Waals surface area contributed by atoms with Crippen LogP contribution in [0.2, 0.25) is 0 Å². The van der Waals surface area contributed by atoms with Gasteiger partial charge < -0.3 is 15.1 Å². The van der Waals surface area contributed by atoms with E-state index in [1.807, 2.05) is 0 Å². The molecule has 4 unspecified atom stereocenters. The van der Waals surface area contributed by atoms with Crippen molar-refractivity contribution < 1.29 is 9.59 Å². The van der Waals surface area contributed by atoms with Crippen molar-refractivity contribution in [3.8, 4) is 0 Å². The number of nitrogens with one attached hydrogen (secondary N) is 1. The smallest absolute Gasteiger partial charge is 0.246 e. The highest BCUT2D eigenvalue weighted by Crippen LogP contribution is 2.41. The number of hydrogen-bond acceptors (Lipinski definition) is 3. The fourth-order valence-corrected chi connectivity index (χ4v) is 4.11. The average Bonchev–Trinajstić information content (AvgIpc) is 3.51. The number of rotatable bonds is 4. The van der Waals surface area contributed by atoms with Crippen LogP contribution in [0.1, 0.15) is 26.2 Å². The highest BCUT2D eigenvalue weighted by Gasteiger charge is 2.49. The molecule has 3 fully saturated rings. The molecule has 2 amide bonds. The Labute approximate surface area is 143 Å². The Morgan fingerprint density at radius 3 is 2.75 bits per heavy atom. The summed E-state index contributed by atoms with van der Waals surface area (Å²) in [5.41, 5.74) is 1.21. The second-order valence-electron chi connectivity index (χ2n) is 7.58. The maximum Gasteiger partial charge on any atom is 0.246 e. The van der Waals surface area contributed by atoms with Crippen LogP contribution in [0.15, 0.2) is 24.3 Å². The van der Waals surface area contributed by atoms with E-state index in [9.17, 15) is 9.59 Å². The van der Waals surface area contributed by atoms with E-state index in [-0.39, 0.29) is 30.0 Å². The lowest BCUT2D eigenvalue weighted by atomic mass is 9.89. The molecule has 2 aliphatic carbocycles. The van der Waals surface area contributed by atoms with Crippen LogP contribution in [-0.2, 0) is 9.59 Å². The average molecular weight is 328 g/mol. The Morgan fingerprint density at radius 2 is 2.12 bits per heavy atom. The minimum atomic E-state index is -0.0346. The maximum absolute atomic E-state index is 13.0. The Balaban J connectivity index is 1.60. The third kappa shape index (κ3) is 2.79. The molecular formula is C19H26N3O2. The molecule has 4 aliphatic rings. The predicted octanol–water partition coefficient (Wildman–Crippen LogP) is 1.13. The Kier molecular flexibility index (Phi) is 3.99. The summed E-state index contributed by atoms with van der Waals surface area (Å²) in [5.74, 6) is 1.05. The van der Waals surface area contributed by atoms with Gasteiger partial charge in [0.15, 0.2) is 0 Å². The van der Waals surface area contributed by atoms with E-state index in [2.05, 4.69) is 36.2 Å². The standard InChI is InChI=1S/C19H26N3O2/c1-3-16(23)21-9-8-15(11-21)18-17(13-4-5-13)20-10-12(2)22(18)19(24)14-6-7-14/h3-4,8,12-14,17-18,20H,1,5-7,9-11H2,2H3. The molecular weight excluding hydrogens is 302 g/mol. The van der Waals surface area contributed by atoms with Crippen molar-refractivity contribution in [1.29, 1.82) is 0 Å². The zero-order chi connectivity index (χ0) is 16.8. The minimum absolute atomic E-state index is 0.0346. The SMILES string of the molecule is C=CC(=O)N1CC=C(C2C(C3[CH]C3)NCC(C)N2C(=O)C2CC2)C1. The molecule has 24 heavy (non-hydrogen) atoms. The summed E-state index contributed by atoms with van der Waals surface area (Å²) < 4.78 is 0. The van der Waals surface area contributed by atoms with Gasteiger partial charge in [0.05, 0.1) is 6.04 Å². The molecule has 0 bridgehead atoms. The lowest BCUT2D eigenvalue weighted by molar-refractivity contribution is -0.139. The summed E-state index contributed by atoms with van der Waals surface area (Å²) in [4.78, 5) is 28.8. The van der Waals surface area contributed by atoms with Crippen molar-refractivity contribution in [3.63, 3.8) is 0 Å². The Morgan fingerprint density at radius 1 is 1.38 bits per heavy atom. The summed E-state index contributed by atoms with van der Waals surface area (Å²) in [7, 11) is 0. The molecule has 0 aromatic heterocycles. The van der Waals surface area contributed by atoms with Gasteiger partial charge in [0.25, 0.3) is 0 Å². The quantitative estimate of drug-likeness (QED) is 0.622. The highest BCUT2D eigenvalue weighted by molar-refractivity contribution is 5.88. The van der Waals surface area contributed by atoms with Crippen LogP contribution in [0.4, 0.5) is 0 Å². The minimum Gasteiger partial charge on any atom is -0.331 e. The molecule has 0 aromatic carbocycles. The van der Waals surface area contributed by atoms with E-state index in [1.54, 1.807) is 4.90 Å². The second kappa shape index (κ2) is 6.03. The van der Waals surface area contributed by atoms with Crippen LogP contribution in [0.25, 0.3) is 0 Å². The third-order valence-corrected chi connectivity index (χ3v) is 5.73. The summed E-state index contributed by atoms with van der Waals surface area (Å²) in [6.07, 6.45) is 9.02. The normalized spacial score (nSPS) is 33.4. The van der Waals surface area contributed by atoms with Crippen molar-refractivity contribution >= 4 is 11.8 Å². The van der Waals surface area contributed by atoms with Gasteiger partial charge in [-0.1, -0.05) is 12.7 Å². The van der Waals surface area contributed by atoms with Crippen LogP contribution in [-0.4, -0.2) is 59.4 Å². The van der Waals surface area contributed by atoms with Gasteiger partial charge >= 0.3 is 0 Å². The Hall–Kier alpha value is -1.62. The van der Waals surface area contributed by atoms with Crippen molar-refractivity contribution in [1.82, 2.24) is 15.1 Å². The molecule has 5 nitrogen and oxygen atoms in total. The largest absolute Gasteiger partial charge is 0.331 e. The molecule has 1 saturated heterocycles. The number of amides is 2. The van der Waals surface area contributed by atoms with Gasteiger partial charge in [-0.15, -0.1) is 0 Å². The van der Waals surface area contributed by atoms with Crippen LogP contribution >= 0.6 is 0 Å². The molecule has 2 saturated carbocycles. The molecule has 2 aliphatic heterocycles. The zero-order valence-electron chi connectivity index (χ0n) is 14.3. The fraction of sp³-hybridized carbons (Fsp3) is 0.632. The van der Waals surface area contributed by atoms with E-state index in [1.165, 1.54) is 11.6 Å². The molecule has 2 heterocycles. The van der Waals surface area contributed by atoms with Gasteiger partial charge in [-0.25, -0.2) is 0 Å². The van der Waals surface area contributed by atoms with Gasteiger partial charge in [-0.3, -0.25) is 9.59 Å². The Bertz CT molecular complexity index is 591. The molecule has 129 valence electrons. The number of carbonyl (C=O) groups is 2. The van der Waals surface area contributed by atoms with Crippen molar-refractivity contribution in [2.75, 3.05) is 19.6 Å². The number of hydrogen-bond donors (Lipinski definition) is 1. The zero-order valence-corrected chi connectivity index (χ0v) is 14.3. The first-order chi connectivity index (χ1) is 11.6. The van der Waals surface area contributed by atoms with E-state index in [0.29, 0.717) is 24.9 Å². The van der Waals surface area contributed by atoms with E-state index >= 15 is 0 Å². The molecule has 0 spiro atoms. The molecule has 0 aromatic rings.